The Labute approximate surface area is 143 Å². The maximum atomic E-state index is 13.6. The summed E-state index contributed by atoms with van der Waals surface area (Å²) in [7, 11) is -3.71. The highest BCUT2D eigenvalue weighted by molar-refractivity contribution is 7.92. The number of nitrogens with zero attached hydrogens (tertiary/aromatic N) is 1. The molecule has 3 rings (SSSR count). The topological polar surface area (TPSA) is 71.1 Å². The molecule has 0 atom stereocenters. The first-order chi connectivity index (χ1) is 11.9. The molecule has 0 saturated carbocycles. The lowest BCUT2D eigenvalue weighted by atomic mass is 10.3. The maximum absolute atomic E-state index is 13.6. The van der Waals surface area contributed by atoms with Gasteiger partial charge in [-0.15, -0.1) is 0 Å². The summed E-state index contributed by atoms with van der Waals surface area (Å²) >= 11 is 0. The molecule has 0 saturated heterocycles. The third kappa shape index (κ3) is 4.10. The Balaban J connectivity index is 1.74. The van der Waals surface area contributed by atoms with Crippen LogP contribution in [-0.4, -0.2) is 13.4 Å². The van der Waals surface area contributed by atoms with Crippen molar-refractivity contribution in [2.75, 3.05) is 10.0 Å². The summed E-state index contributed by atoms with van der Waals surface area (Å²) < 4.78 is 53.3. The molecule has 128 valence electrons. The van der Waals surface area contributed by atoms with Gasteiger partial charge in [-0.05, 0) is 36.4 Å². The number of pyridine rings is 1. The highest BCUT2D eigenvalue weighted by Crippen LogP contribution is 2.21. The van der Waals surface area contributed by atoms with Crippen LogP contribution in [0.25, 0.3) is 0 Å². The number of rotatable bonds is 5. The van der Waals surface area contributed by atoms with E-state index in [1.807, 2.05) is 0 Å². The first kappa shape index (κ1) is 16.8. The molecule has 1 aromatic heterocycles. The van der Waals surface area contributed by atoms with E-state index >= 15 is 0 Å². The van der Waals surface area contributed by atoms with Crippen LogP contribution in [0, 0.1) is 11.6 Å². The van der Waals surface area contributed by atoms with Crippen LogP contribution in [0.15, 0.2) is 71.8 Å². The van der Waals surface area contributed by atoms with Gasteiger partial charge in [0.1, 0.15) is 17.5 Å². The molecular weight excluding hydrogens is 348 g/mol. The number of benzene rings is 2. The van der Waals surface area contributed by atoms with Crippen LogP contribution in [0.1, 0.15) is 0 Å². The molecule has 0 spiro atoms. The molecule has 0 aliphatic heterocycles. The van der Waals surface area contributed by atoms with Gasteiger partial charge in [-0.1, -0.05) is 18.2 Å². The van der Waals surface area contributed by atoms with Gasteiger partial charge >= 0.3 is 0 Å². The van der Waals surface area contributed by atoms with Gasteiger partial charge in [0.25, 0.3) is 10.0 Å². The lowest BCUT2D eigenvalue weighted by Crippen LogP contribution is -2.13. The van der Waals surface area contributed by atoms with E-state index in [9.17, 15) is 17.2 Å². The lowest BCUT2D eigenvalue weighted by molar-refractivity contribution is 0.586. The average Bonchev–Trinajstić information content (AvgIpc) is 2.59. The van der Waals surface area contributed by atoms with E-state index in [-0.39, 0.29) is 22.1 Å². The number of sulfonamides is 1. The van der Waals surface area contributed by atoms with Gasteiger partial charge in [-0.3, -0.25) is 4.72 Å². The van der Waals surface area contributed by atoms with E-state index in [4.69, 9.17) is 0 Å². The van der Waals surface area contributed by atoms with Crippen LogP contribution in [-0.2, 0) is 10.0 Å². The molecule has 0 unspecified atom stereocenters. The smallest absolute Gasteiger partial charge is 0.261 e. The average molecular weight is 361 g/mol. The quantitative estimate of drug-likeness (QED) is 0.723. The van der Waals surface area contributed by atoms with Crippen molar-refractivity contribution < 1.29 is 17.2 Å². The Morgan fingerprint density at radius 3 is 2.32 bits per heavy atom. The number of halogens is 2. The number of aromatic nitrogens is 1. The van der Waals surface area contributed by atoms with Crippen LogP contribution < -0.4 is 10.0 Å². The summed E-state index contributed by atoms with van der Waals surface area (Å²) in [5.74, 6) is -1.15. The lowest BCUT2D eigenvalue weighted by Gasteiger charge is -2.10. The second kappa shape index (κ2) is 6.86. The Hall–Kier alpha value is -3.00. The monoisotopic (exact) mass is 361 g/mol. The van der Waals surface area contributed by atoms with Crippen molar-refractivity contribution in [3.63, 3.8) is 0 Å². The number of anilines is 3. The summed E-state index contributed by atoms with van der Waals surface area (Å²) in [6.07, 6.45) is 1.30. The zero-order valence-electron chi connectivity index (χ0n) is 12.8. The minimum Gasteiger partial charge on any atom is -0.338 e. The van der Waals surface area contributed by atoms with E-state index in [0.29, 0.717) is 0 Å². The van der Waals surface area contributed by atoms with Gasteiger partial charge < -0.3 is 5.32 Å². The van der Waals surface area contributed by atoms with Crippen molar-refractivity contribution in [3.8, 4) is 0 Å². The van der Waals surface area contributed by atoms with Crippen molar-refractivity contribution in [1.82, 2.24) is 4.98 Å². The normalized spacial score (nSPS) is 11.1. The fourth-order valence-corrected chi connectivity index (χ4v) is 3.14. The van der Waals surface area contributed by atoms with E-state index in [2.05, 4.69) is 15.0 Å². The standard InChI is InChI=1S/C17H13F2N3O2S/c18-12-6-8-16(15(19)10-12)21-17-9-7-13(11-20-17)22-25(23,24)14-4-2-1-3-5-14/h1-11,22H,(H,20,21). The fraction of sp³-hybridized carbons (Fsp3) is 0. The number of hydrogen-bond acceptors (Lipinski definition) is 4. The molecule has 0 amide bonds. The molecule has 0 aliphatic carbocycles. The van der Waals surface area contributed by atoms with Gasteiger partial charge in [0, 0.05) is 6.07 Å². The van der Waals surface area contributed by atoms with Crippen molar-refractivity contribution in [1.29, 1.82) is 0 Å². The Morgan fingerprint density at radius 2 is 1.68 bits per heavy atom. The summed E-state index contributed by atoms with van der Waals surface area (Å²) in [4.78, 5) is 4.15. The predicted octanol–water partition coefficient (Wildman–Crippen LogP) is 3.90. The number of hydrogen-bond donors (Lipinski definition) is 2. The molecule has 2 aromatic carbocycles. The second-order valence-electron chi connectivity index (χ2n) is 5.10. The molecule has 0 fully saturated rings. The van der Waals surface area contributed by atoms with Crippen molar-refractivity contribution in [2.45, 2.75) is 4.90 Å². The molecular formula is C17H13F2N3O2S. The van der Waals surface area contributed by atoms with Crippen molar-refractivity contribution in [3.05, 3.63) is 78.5 Å². The highest BCUT2D eigenvalue weighted by Gasteiger charge is 2.13. The number of nitrogens with one attached hydrogen (secondary N) is 2. The van der Waals surface area contributed by atoms with Gasteiger partial charge in [0.05, 0.1) is 22.5 Å². The molecule has 0 radical (unpaired) electrons. The maximum Gasteiger partial charge on any atom is 0.261 e. The summed E-state index contributed by atoms with van der Waals surface area (Å²) in [6.45, 7) is 0. The summed E-state index contributed by atoms with van der Waals surface area (Å²) in [5, 5.41) is 2.69. The fourth-order valence-electron chi connectivity index (χ4n) is 2.07. The highest BCUT2D eigenvalue weighted by atomic mass is 32.2. The second-order valence-corrected chi connectivity index (χ2v) is 6.78. The summed E-state index contributed by atoms with van der Waals surface area (Å²) in [5.41, 5.74) is 0.320. The SMILES string of the molecule is O=S(=O)(Nc1ccc(Nc2ccc(F)cc2F)nc1)c1ccccc1. The molecule has 3 aromatic rings. The van der Waals surface area contributed by atoms with E-state index in [0.717, 1.165) is 12.1 Å². The molecule has 1 heterocycles. The van der Waals surface area contributed by atoms with E-state index < -0.39 is 21.7 Å². The minimum atomic E-state index is -3.71. The Bertz CT molecular complexity index is 979. The molecule has 5 nitrogen and oxygen atoms in total. The van der Waals surface area contributed by atoms with Gasteiger partial charge in [-0.25, -0.2) is 22.2 Å². The van der Waals surface area contributed by atoms with Gasteiger partial charge in [0.2, 0.25) is 0 Å². The zero-order chi connectivity index (χ0) is 17.9. The van der Waals surface area contributed by atoms with Crippen LogP contribution >= 0.6 is 0 Å². The molecule has 25 heavy (non-hydrogen) atoms. The first-order valence-corrected chi connectivity index (χ1v) is 8.68. The zero-order valence-corrected chi connectivity index (χ0v) is 13.6. The molecule has 2 N–H and O–H groups in total. The minimum absolute atomic E-state index is 0.0616. The van der Waals surface area contributed by atoms with Crippen LogP contribution in [0.2, 0.25) is 0 Å². The first-order valence-electron chi connectivity index (χ1n) is 7.20. The molecule has 0 aliphatic rings. The van der Waals surface area contributed by atoms with Gasteiger partial charge in [0.15, 0.2) is 0 Å². The van der Waals surface area contributed by atoms with Crippen molar-refractivity contribution >= 4 is 27.2 Å². The predicted molar refractivity (Wildman–Crippen MR) is 91.1 cm³/mol. The van der Waals surface area contributed by atoms with E-state index in [1.165, 1.54) is 36.5 Å². The Morgan fingerprint density at radius 1 is 0.920 bits per heavy atom. The largest absolute Gasteiger partial charge is 0.338 e. The molecule has 8 heteroatoms. The van der Waals surface area contributed by atoms with Crippen LogP contribution in [0.4, 0.5) is 26.0 Å². The Kier molecular flexibility index (Phi) is 4.62. The van der Waals surface area contributed by atoms with Gasteiger partial charge in [-0.2, -0.15) is 0 Å². The van der Waals surface area contributed by atoms with E-state index in [1.54, 1.807) is 18.2 Å². The summed E-state index contributed by atoms with van der Waals surface area (Å²) in [6, 6.07) is 14.0. The third-order valence-corrected chi connectivity index (χ3v) is 4.66. The third-order valence-electron chi connectivity index (χ3n) is 3.26. The molecule has 0 bridgehead atoms. The van der Waals surface area contributed by atoms with Crippen LogP contribution in [0.3, 0.4) is 0 Å². The van der Waals surface area contributed by atoms with Crippen LogP contribution in [0.5, 0.6) is 0 Å². The van der Waals surface area contributed by atoms with Crippen molar-refractivity contribution in [2.24, 2.45) is 0 Å².